The van der Waals surface area contributed by atoms with Crippen LogP contribution in [0.3, 0.4) is 0 Å². The smallest absolute Gasteiger partial charge is 0.257 e. The lowest BCUT2D eigenvalue weighted by Gasteiger charge is -2.34. The third kappa shape index (κ3) is 6.02. The molecule has 216 valence electrons. The number of aromatic nitrogens is 2. The van der Waals surface area contributed by atoms with Gasteiger partial charge in [0.1, 0.15) is 0 Å². The van der Waals surface area contributed by atoms with Gasteiger partial charge in [0, 0.05) is 77.7 Å². The second-order valence-corrected chi connectivity index (χ2v) is 10.7. The number of anilines is 2. The molecule has 0 spiro atoms. The van der Waals surface area contributed by atoms with E-state index in [0.29, 0.717) is 39.2 Å². The highest BCUT2D eigenvalue weighted by molar-refractivity contribution is 6.13. The molecular weight excluding hydrogens is 540 g/mol. The Kier molecular flexibility index (Phi) is 7.72. The van der Waals surface area contributed by atoms with Gasteiger partial charge < -0.3 is 25.2 Å². The van der Waals surface area contributed by atoms with Crippen LogP contribution in [0, 0.1) is 6.92 Å². The number of carbonyl (C=O) groups is 2. The van der Waals surface area contributed by atoms with Crippen LogP contribution in [0.1, 0.15) is 37.5 Å². The molecule has 0 aliphatic carbocycles. The first kappa shape index (κ1) is 27.9. The molecular formula is C34H32N6O3. The number of aromatic hydroxyl groups is 1. The first-order valence-electron chi connectivity index (χ1n) is 14.2. The standard InChI is InChI=1S/C34H32N6O3/c1-22-28(7-4-14-35-22)33(42)37-26-6-3-5-23(19-26)32(41)24-8-13-29-30(34(43)38-31(29)20-24)21-36-25-9-11-27(12-10-25)40-17-15-39(2)16-18-40/h3-14,19-21,38,43H,15-18H2,1-2H3,(H,37,42). The average molecular weight is 573 g/mol. The number of benzene rings is 3. The zero-order valence-corrected chi connectivity index (χ0v) is 24.0. The van der Waals surface area contributed by atoms with Crippen LogP contribution >= 0.6 is 0 Å². The molecule has 1 amide bonds. The third-order valence-electron chi connectivity index (χ3n) is 7.78. The van der Waals surface area contributed by atoms with Gasteiger partial charge in [0.2, 0.25) is 0 Å². The summed E-state index contributed by atoms with van der Waals surface area (Å²) in [6.45, 7) is 5.86. The molecule has 3 heterocycles. The number of fused-ring (bicyclic) bond motifs is 1. The molecule has 0 radical (unpaired) electrons. The molecule has 43 heavy (non-hydrogen) atoms. The number of pyridine rings is 1. The van der Waals surface area contributed by atoms with Gasteiger partial charge >= 0.3 is 0 Å². The van der Waals surface area contributed by atoms with Crippen LogP contribution in [-0.4, -0.2) is 71.1 Å². The highest BCUT2D eigenvalue weighted by Gasteiger charge is 2.17. The number of hydrogen-bond donors (Lipinski definition) is 3. The second kappa shape index (κ2) is 11.9. The van der Waals surface area contributed by atoms with Gasteiger partial charge in [-0.15, -0.1) is 0 Å². The molecule has 3 aromatic carbocycles. The van der Waals surface area contributed by atoms with Crippen molar-refractivity contribution in [2.75, 3.05) is 43.4 Å². The number of piperazine rings is 1. The summed E-state index contributed by atoms with van der Waals surface area (Å²) in [4.78, 5) is 42.5. The van der Waals surface area contributed by atoms with E-state index in [1.807, 2.05) is 12.1 Å². The summed E-state index contributed by atoms with van der Waals surface area (Å²) in [6, 6.07) is 23.6. The van der Waals surface area contributed by atoms with Gasteiger partial charge in [-0.25, -0.2) is 0 Å². The lowest BCUT2D eigenvalue weighted by Crippen LogP contribution is -2.44. The van der Waals surface area contributed by atoms with Crippen molar-refractivity contribution in [1.29, 1.82) is 0 Å². The Morgan fingerprint density at radius 1 is 0.953 bits per heavy atom. The van der Waals surface area contributed by atoms with Crippen molar-refractivity contribution in [1.82, 2.24) is 14.9 Å². The minimum Gasteiger partial charge on any atom is -0.494 e. The van der Waals surface area contributed by atoms with Gasteiger partial charge in [-0.3, -0.25) is 19.6 Å². The van der Waals surface area contributed by atoms with Gasteiger partial charge in [-0.05, 0) is 68.6 Å². The number of hydrogen-bond acceptors (Lipinski definition) is 7. The van der Waals surface area contributed by atoms with Crippen LogP contribution < -0.4 is 10.2 Å². The van der Waals surface area contributed by atoms with Crippen molar-refractivity contribution >= 4 is 45.9 Å². The van der Waals surface area contributed by atoms with Crippen LogP contribution in [0.4, 0.5) is 17.1 Å². The summed E-state index contributed by atoms with van der Waals surface area (Å²) < 4.78 is 0. The Hall–Kier alpha value is -5.28. The summed E-state index contributed by atoms with van der Waals surface area (Å²) in [5.74, 6) is -0.522. The van der Waals surface area contributed by atoms with E-state index in [9.17, 15) is 14.7 Å². The summed E-state index contributed by atoms with van der Waals surface area (Å²) in [6.07, 6.45) is 3.27. The minimum absolute atomic E-state index is 0.0205. The predicted molar refractivity (Wildman–Crippen MR) is 170 cm³/mol. The quantitative estimate of drug-likeness (QED) is 0.174. The van der Waals surface area contributed by atoms with Crippen LogP contribution in [0.5, 0.6) is 5.88 Å². The van der Waals surface area contributed by atoms with Gasteiger partial charge in [0.25, 0.3) is 5.91 Å². The Labute approximate surface area is 249 Å². The second-order valence-electron chi connectivity index (χ2n) is 10.7. The molecule has 9 heteroatoms. The Morgan fingerprint density at radius 3 is 2.49 bits per heavy atom. The molecule has 3 N–H and O–H groups in total. The van der Waals surface area contributed by atoms with Gasteiger partial charge in [-0.1, -0.05) is 24.3 Å². The fraction of sp³-hybridized carbons (Fsp3) is 0.176. The van der Waals surface area contributed by atoms with Crippen molar-refractivity contribution in [3.8, 4) is 5.88 Å². The van der Waals surface area contributed by atoms with Gasteiger partial charge in [0.15, 0.2) is 11.7 Å². The van der Waals surface area contributed by atoms with Crippen LogP contribution in [0.15, 0.2) is 90.1 Å². The predicted octanol–water partition coefficient (Wildman–Crippen LogP) is 5.56. The number of nitrogens with zero attached hydrogens (tertiary/aromatic N) is 4. The van der Waals surface area contributed by atoms with Crippen molar-refractivity contribution in [3.05, 3.63) is 113 Å². The lowest BCUT2D eigenvalue weighted by molar-refractivity contribution is 0.102. The topological polar surface area (TPSA) is 114 Å². The zero-order chi connectivity index (χ0) is 29.9. The summed E-state index contributed by atoms with van der Waals surface area (Å²) in [5, 5.41) is 14.2. The molecule has 1 saturated heterocycles. The number of rotatable bonds is 7. The third-order valence-corrected chi connectivity index (χ3v) is 7.78. The number of aromatic amines is 1. The fourth-order valence-electron chi connectivity index (χ4n) is 5.26. The van der Waals surface area contributed by atoms with Crippen LogP contribution in [-0.2, 0) is 0 Å². The zero-order valence-electron chi connectivity index (χ0n) is 24.0. The Bertz CT molecular complexity index is 1840. The number of aryl methyl sites for hydroxylation is 1. The number of H-pyrrole nitrogens is 1. The van der Waals surface area contributed by atoms with E-state index in [4.69, 9.17) is 0 Å². The summed E-state index contributed by atoms with van der Waals surface area (Å²) in [5.41, 5.74) is 5.60. The minimum atomic E-state index is -0.293. The SMILES string of the molecule is Cc1ncccc1C(=O)Nc1cccc(C(=O)c2ccc3c(C=Nc4ccc(N5CCN(C)CC5)cc4)c(O)[nH]c3c2)c1. The van der Waals surface area contributed by atoms with E-state index in [2.05, 4.69) is 49.3 Å². The number of likely N-dealkylation sites (N-methyl/N-ethyl adjacent to an activating group) is 1. The lowest BCUT2D eigenvalue weighted by atomic mass is 10.0. The van der Waals surface area contributed by atoms with Crippen molar-refractivity contribution in [3.63, 3.8) is 0 Å². The molecule has 0 bridgehead atoms. The molecule has 6 rings (SSSR count). The van der Waals surface area contributed by atoms with Crippen LogP contribution in [0.25, 0.3) is 10.9 Å². The molecule has 1 aliphatic heterocycles. The largest absolute Gasteiger partial charge is 0.494 e. The maximum absolute atomic E-state index is 13.4. The fourth-order valence-corrected chi connectivity index (χ4v) is 5.26. The van der Waals surface area contributed by atoms with Crippen molar-refractivity contribution in [2.24, 2.45) is 4.99 Å². The summed E-state index contributed by atoms with van der Waals surface area (Å²) in [7, 11) is 2.14. The average Bonchev–Trinajstić information content (AvgIpc) is 3.34. The van der Waals surface area contributed by atoms with Crippen LogP contribution in [0.2, 0.25) is 0 Å². The molecule has 1 aliphatic rings. The summed E-state index contributed by atoms with van der Waals surface area (Å²) >= 11 is 0. The number of nitrogens with one attached hydrogen (secondary N) is 2. The number of ketones is 1. The highest BCUT2D eigenvalue weighted by Crippen LogP contribution is 2.29. The molecule has 1 fully saturated rings. The maximum atomic E-state index is 13.4. The molecule has 9 nitrogen and oxygen atoms in total. The van der Waals surface area contributed by atoms with Crippen molar-refractivity contribution in [2.45, 2.75) is 6.92 Å². The first-order chi connectivity index (χ1) is 20.9. The van der Waals surface area contributed by atoms with E-state index >= 15 is 0 Å². The van der Waals surface area contributed by atoms with Gasteiger partial charge in [0.05, 0.1) is 16.8 Å². The number of aliphatic imine (C=N–C) groups is 1. The maximum Gasteiger partial charge on any atom is 0.257 e. The molecule has 0 atom stereocenters. The van der Waals surface area contributed by atoms with E-state index in [-0.39, 0.29) is 17.6 Å². The van der Waals surface area contributed by atoms with Gasteiger partial charge in [-0.2, -0.15) is 0 Å². The number of amides is 1. The monoisotopic (exact) mass is 572 g/mol. The Balaban J connectivity index is 1.17. The normalized spacial score (nSPS) is 14.0. The van der Waals surface area contributed by atoms with E-state index in [0.717, 1.165) is 37.3 Å². The molecule has 0 saturated carbocycles. The molecule has 2 aromatic heterocycles. The van der Waals surface area contributed by atoms with Crippen molar-refractivity contribution < 1.29 is 14.7 Å². The number of carbonyl (C=O) groups excluding carboxylic acids is 2. The molecule has 0 unspecified atom stereocenters. The van der Waals surface area contributed by atoms with E-state index in [1.165, 1.54) is 5.69 Å². The Morgan fingerprint density at radius 2 is 1.72 bits per heavy atom. The molecule has 5 aromatic rings. The van der Waals surface area contributed by atoms with E-state index in [1.54, 1.807) is 73.9 Å². The van der Waals surface area contributed by atoms with E-state index < -0.39 is 0 Å². The highest BCUT2D eigenvalue weighted by atomic mass is 16.3. The first-order valence-corrected chi connectivity index (χ1v) is 14.2.